The van der Waals surface area contributed by atoms with Crippen molar-refractivity contribution in [2.75, 3.05) is 25.1 Å². The van der Waals surface area contributed by atoms with E-state index in [4.69, 9.17) is 4.74 Å². The predicted molar refractivity (Wildman–Crippen MR) is 92.9 cm³/mol. The highest BCUT2D eigenvalue weighted by atomic mass is 16.5. The fourth-order valence-electron chi connectivity index (χ4n) is 3.36. The fraction of sp³-hybridized carbons (Fsp3) is 0.350. The maximum atomic E-state index is 12.4. The van der Waals surface area contributed by atoms with Gasteiger partial charge in [-0.2, -0.15) is 0 Å². The molecule has 3 rings (SSSR count). The van der Waals surface area contributed by atoms with Crippen molar-refractivity contribution in [2.45, 2.75) is 25.7 Å². The molecule has 23 heavy (non-hydrogen) atoms. The van der Waals surface area contributed by atoms with Gasteiger partial charge in [-0.1, -0.05) is 36.4 Å². The van der Waals surface area contributed by atoms with Crippen LogP contribution in [0.25, 0.3) is 0 Å². The molecule has 2 aromatic carbocycles. The molecule has 0 aliphatic carbocycles. The lowest BCUT2D eigenvalue weighted by molar-refractivity contribution is -0.141. The molecule has 3 heteroatoms. The number of ether oxygens (including phenoxy) is 1. The molecule has 1 fully saturated rings. The smallest absolute Gasteiger partial charge is 0.317 e. The highest BCUT2D eigenvalue weighted by Crippen LogP contribution is 2.31. The molecule has 0 N–H and O–H groups in total. The number of carbonyl (C=O) groups excluding carboxylic acids is 1. The van der Waals surface area contributed by atoms with Gasteiger partial charge in [0, 0.05) is 18.8 Å². The van der Waals surface area contributed by atoms with Crippen LogP contribution in [0.1, 0.15) is 35.4 Å². The fourth-order valence-corrected chi connectivity index (χ4v) is 3.36. The zero-order chi connectivity index (χ0) is 16.2. The molecule has 1 aliphatic heterocycles. The summed E-state index contributed by atoms with van der Waals surface area (Å²) in [6.45, 7) is 4.32. The maximum Gasteiger partial charge on any atom is 0.317 e. The largest absolute Gasteiger partial charge is 0.468 e. The second-order valence-corrected chi connectivity index (χ2v) is 6.10. The van der Waals surface area contributed by atoms with Gasteiger partial charge in [-0.05, 0) is 48.6 Å². The van der Waals surface area contributed by atoms with Gasteiger partial charge in [-0.3, -0.25) is 4.79 Å². The van der Waals surface area contributed by atoms with Crippen LogP contribution in [0.2, 0.25) is 0 Å². The molecule has 1 aliphatic rings. The Morgan fingerprint density at radius 2 is 1.78 bits per heavy atom. The first kappa shape index (κ1) is 15.6. The average Bonchev–Trinajstić information content (AvgIpc) is 3.12. The van der Waals surface area contributed by atoms with E-state index < -0.39 is 0 Å². The van der Waals surface area contributed by atoms with Crippen LogP contribution in [0, 0.1) is 6.92 Å². The van der Waals surface area contributed by atoms with E-state index in [0.717, 1.165) is 29.8 Å². The SMILES string of the molecule is COC(=O)[C@H](c1ccccc1)c1ccc(N2CCCC2)cc1C. The van der Waals surface area contributed by atoms with Crippen LogP contribution in [-0.4, -0.2) is 26.2 Å². The van der Waals surface area contributed by atoms with Crippen LogP contribution in [0.5, 0.6) is 0 Å². The Morgan fingerprint density at radius 3 is 2.39 bits per heavy atom. The van der Waals surface area contributed by atoms with Gasteiger partial charge in [0.1, 0.15) is 5.92 Å². The van der Waals surface area contributed by atoms with Gasteiger partial charge >= 0.3 is 5.97 Å². The minimum absolute atomic E-state index is 0.215. The topological polar surface area (TPSA) is 29.5 Å². The van der Waals surface area contributed by atoms with Crippen LogP contribution in [0.4, 0.5) is 5.69 Å². The Balaban J connectivity index is 1.98. The summed E-state index contributed by atoms with van der Waals surface area (Å²) < 4.78 is 5.06. The van der Waals surface area contributed by atoms with E-state index in [2.05, 4.69) is 30.0 Å². The Bertz CT molecular complexity index is 675. The Morgan fingerprint density at radius 1 is 1.09 bits per heavy atom. The summed E-state index contributed by atoms with van der Waals surface area (Å²) in [6.07, 6.45) is 2.52. The Labute approximate surface area is 137 Å². The van der Waals surface area contributed by atoms with Crippen LogP contribution >= 0.6 is 0 Å². The zero-order valence-corrected chi connectivity index (χ0v) is 13.8. The normalized spacial score (nSPS) is 15.5. The third-order valence-corrected chi connectivity index (χ3v) is 4.61. The zero-order valence-electron chi connectivity index (χ0n) is 13.8. The van der Waals surface area contributed by atoms with Gasteiger partial charge in [-0.15, -0.1) is 0 Å². The van der Waals surface area contributed by atoms with Gasteiger partial charge in [0.05, 0.1) is 7.11 Å². The summed E-state index contributed by atoms with van der Waals surface area (Å²) in [5.41, 5.74) is 4.37. The standard InChI is InChI=1S/C20H23NO2/c1-15-14-17(21-12-6-7-13-21)10-11-18(15)19(20(22)23-2)16-8-4-3-5-9-16/h3-5,8-11,14,19H,6-7,12-13H2,1-2H3/t19-/m1/s1. The lowest BCUT2D eigenvalue weighted by Crippen LogP contribution is -2.19. The second-order valence-electron chi connectivity index (χ2n) is 6.10. The molecule has 2 aromatic rings. The van der Waals surface area contributed by atoms with Gasteiger partial charge in [0.15, 0.2) is 0 Å². The van der Waals surface area contributed by atoms with Crippen LogP contribution in [0.15, 0.2) is 48.5 Å². The summed E-state index contributed by atoms with van der Waals surface area (Å²) in [5, 5.41) is 0. The summed E-state index contributed by atoms with van der Waals surface area (Å²) >= 11 is 0. The predicted octanol–water partition coefficient (Wildman–Crippen LogP) is 3.90. The molecule has 0 bridgehead atoms. The van der Waals surface area contributed by atoms with Crippen LogP contribution in [-0.2, 0) is 9.53 Å². The first-order chi connectivity index (χ1) is 11.2. The van der Waals surface area contributed by atoms with Gasteiger partial charge in [0.25, 0.3) is 0 Å². The minimum Gasteiger partial charge on any atom is -0.468 e. The number of methoxy groups -OCH3 is 1. The Hall–Kier alpha value is -2.29. The van der Waals surface area contributed by atoms with Crippen molar-refractivity contribution < 1.29 is 9.53 Å². The van der Waals surface area contributed by atoms with Crippen molar-refractivity contribution in [2.24, 2.45) is 0 Å². The highest BCUT2D eigenvalue weighted by molar-refractivity contribution is 5.83. The molecule has 1 atom stereocenters. The Kier molecular flexibility index (Phi) is 4.65. The van der Waals surface area contributed by atoms with E-state index in [-0.39, 0.29) is 11.9 Å². The van der Waals surface area contributed by atoms with Gasteiger partial charge in [0.2, 0.25) is 0 Å². The number of esters is 1. The monoisotopic (exact) mass is 309 g/mol. The number of anilines is 1. The lowest BCUT2D eigenvalue weighted by atomic mass is 9.88. The summed E-state index contributed by atoms with van der Waals surface area (Å²) in [6, 6.07) is 16.2. The number of carbonyl (C=O) groups is 1. The molecule has 0 aromatic heterocycles. The van der Waals surface area contributed by atoms with Crippen LogP contribution < -0.4 is 4.90 Å². The van der Waals surface area contributed by atoms with Crippen molar-refractivity contribution in [3.8, 4) is 0 Å². The van der Waals surface area contributed by atoms with Gasteiger partial charge in [-0.25, -0.2) is 0 Å². The van der Waals surface area contributed by atoms with Crippen LogP contribution in [0.3, 0.4) is 0 Å². The third-order valence-electron chi connectivity index (χ3n) is 4.61. The highest BCUT2D eigenvalue weighted by Gasteiger charge is 2.25. The minimum atomic E-state index is -0.367. The van der Waals surface area contributed by atoms with E-state index in [0.29, 0.717) is 0 Å². The number of benzene rings is 2. The summed E-state index contributed by atoms with van der Waals surface area (Å²) in [5.74, 6) is -0.581. The molecular formula is C20H23NO2. The lowest BCUT2D eigenvalue weighted by Gasteiger charge is -2.22. The molecule has 1 heterocycles. The first-order valence-electron chi connectivity index (χ1n) is 8.19. The maximum absolute atomic E-state index is 12.4. The number of hydrogen-bond acceptors (Lipinski definition) is 3. The molecular weight excluding hydrogens is 286 g/mol. The second kappa shape index (κ2) is 6.86. The molecule has 0 radical (unpaired) electrons. The number of rotatable bonds is 4. The molecule has 3 nitrogen and oxygen atoms in total. The number of nitrogens with zero attached hydrogens (tertiary/aromatic N) is 1. The molecule has 0 saturated carbocycles. The van der Waals surface area contributed by atoms with E-state index in [9.17, 15) is 4.79 Å². The summed E-state index contributed by atoms with van der Waals surface area (Å²) in [7, 11) is 1.45. The molecule has 120 valence electrons. The number of hydrogen-bond donors (Lipinski definition) is 0. The molecule has 0 spiro atoms. The summed E-state index contributed by atoms with van der Waals surface area (Å²) in [4.78, 5) is 14.8. The van der Waals surface area contributed by atoms with E-state index >= 15 is 0 Å². The van der Waals surface area contributed by atoms with Gasteiger partial charge < -0.3 is 9.64 Å². The molecule has 0 unspecified atom stereocenters. The van der Waals surface area contributed by atoms with Crippen molar-refractivity contribution in [1.82, 2.24) is 0 Å². The van der Waals surface area contributed by atoms with Crippen molar-refractivity contribution in [3.63, 3.8) is 0 Å². The number of aryl methyl sites for hydroxylation is 1. The molecule has 0 amide bonds. The molecule has 1 saturated heterocycles. The average molecular weight is 309 g/mol. The van der Waals surface area contributed by atoms with E-state index in [1.54, 1.807) is 0 Å². The van der Waals surface area contributed by atoms with E-state index in [1.165, 1.54) is 25.6 Å². The quantitative estimate of drug-likeness (QED) is 0.802. The van der Waals surface area contributed by atoms with E-state index in [1.807, 2.05) is 30.3 Å². The first-order valence-corrected chi connectivity index (χ1v) is 8.19. The van der Waals surface area contributed by atoms with Crippen molar-refractivity contribution in [3.05, 3.63) is 65.2 Å². The van der Waals surface area contributed by atoms with Crippen molar-refractivity contribution >= 4 is 11.7 Å². The van der Waals surface area contributed by atoms with Crippen molar-refractivity contribution in [1.29, 1.82) is 0 Å². The third kappa shape index (κ3) is 3.24.